The third-order valence-electron chi connectivity index (χ3n) is 1.76. The molecule has 1 aliphatic heterocycles. The summed E-state index contributed by atoms with van der Waals surface area (Å²) in [6.45, 7) is 1.99. The number of rotatable bonds is 1. The zero-order valence-corrected chi connectivity index (χ0v) is 8.08. The highest BCUT2D eigenvalue weighted by molar-refractivity contribution is 8.14. The lowest BCUT2D eigenvalue weighted by atomic mass is 10.2. The molecular formula is C9H10N2OS. The van der Waals surface area contributed by atoms with Crippen LogP contribution in [0.4, 0.5) is 0 Å². The van der Waals surface area contributed by atoms with Crippen molar-refractivity contribution in [1.29, 1.82) is 0 Å². The summed E-state index contributed by atoms with van der Waals surface area (Å²) in [6, 6.07) is 2.02. The topological polar surface area (TPSA) is 45.5 Å². The third-order valence-corrected chi connectivity index (χ3v) is 2.84. The van der Waals surface area contributed by atoms with E-state index in [9.17, 15) is 5.11 Å². The molecule has 1 aromatic rings. The number of hydrogen-bond acceptors (Lipinski definition) is 4. The number of pyridine rings is 1. The van der Waals surface area contributed by atoms with E-state index in [4.69, 9.17) is 0 Å². The molecule has 0 radical (unpaired) electrons. The lowest BCUT2D eigenvalue weighted by Crippen LogP contribution is -1.98. The molecule has 1 aromatic heterocycles. The van der Waals surface area contributed by atoms with Gasteiger partial charge in [-0.1, -0.05) is 0 Å². The van der Waals surface area contributed by atoms with E-state index >= 15 is 0 Å². The second-order valence-corrected chi connectivity index (χ2v) is 3.99. The summed E-state index contributed by atoms with van der Waals surface area (Å²) in [5, 5.41) is 10.1. The zero-order valence-electron chi connectivity index (χ0n) is 7.27. The molecule has 3 nitrogen and oxygen atoms in total. The Hall–Kier alpha value is -0.870. The van der Waals surface area contributed by atoms with Gasteiger partial charge < -0.3 is 5.11 Å². The first-order valence-corrected chi connectivity index (χ1v) is 5.05. The van der Waals surface area contributed by atoms with Gasteiger partial charge in [0.05, 0.1) is 0 Å². The van der Waals surface area contributed by atoms with Crippen molar-refractivity contribution in [3.8, 4) is 0 Å². The SMILES string of the molecule is Cc1cncc(C2=NC(O)CS2)c1. The van der Waals surface area contributed by atoms with Crippen LogP contribution in [0, 0.1) is 6.92 Å². The normalized spacial score (nSPS) is 21.7. The lowest BCUT2D eigenvalue weighted by Gasteiger charge is -1.98. The number of aliphatic hydroxyl groups excluding tert-OH is 1. The lowest BCUT2D eigenvalue weighted by molar-refractivity contribution is 0.213. The molecule has 4 heteroatoms. The molecule has 0 saturated carbocycles. The molecule has 1 N–H and O–H groups in total. The van der Waals surface area contributed by atoms with Gasteiger partial charge in [-0.15, -0.1) is 11.8 Å². The van der Waals surface area contributed by atoms with E-state index in [1.54, 1.807) is 24.2 Å². The first kappa shape index (κ1) is 8.72. The Morgan fingerprint density at radius 2 is 2.38 bits per heavy atom. The monoisotopic (exact) mass is 194 g/mol. The number of thioether (sulfide) groups is 1. The number of aliphatic imine (C=N–C) groups is 1. The van der Waals surface area contributed by atoms with E-state index in [-0.39, 0.29) is 0 Å². The van der Waals surface area contributed by atoms with Crippen LogP contribution in [-0.2, 0) is 0 Å². The number of aromatic nitrogens is 1. The van der Waals surface area contributed by atoms with Crippen LogP contribution >= 0.6 is 11.8 Å². The molecular weight excluding hydrogens is 184 g/mol. The van der Waals surface area contributed by atoms with Gasteiger partial charge in [-0.25, -0.2) is 4.99 Å². The molecule has 1 unspecified atom stereocenters. The molecule has 2 heterocycles. The Balaban J connectivity index is 2.31. The molecule has 0 aliphatic carbocycles. The van der Waals surface area contributed by atoms with Crippen LogP contribution in [0.1, 0.15) is 11.1 Å². The van der Waals surface area contributed by atoms with Gasteiger partial charge in [0.15, 0.2) is 6.23 Å². The van der Waals surface area contributed by atoms with Crippen LogP contribution in [0.3, 0.4) is 0 Å². The molecule has 0 spiro atoms. The van der Waals surface area contributed by atoms with E-state index in [2.05, 4.69) is 9.98 Å². The Kier molecular flexibility index (Phi) is 2.33. The predicted molar refractivity (Wildman–Crippen MR) is 54.0 cm³/mol. The van der Waals surface area contributed by atoms with Crippen molar-refractivity contribution in [3.63, 3.8) is 0 Å². The third kappa shape index (κ3) is 1.89. The van der Waals surface area contributed by atoms with E-state index in [0.29, 0.717) is 5.75 Å². The quantitative estimate of drug-likeness (QED) is 0.730. The highest BCUT2D eigenvalue weighted by Gasteiger charge is 2.16. The van der Waals surface area contributed by atoms with Crippen molar-refractivity contribution >= 4 is 16.8 Å². The fourth-order valence-corrected chi connectivity index (χ4v) is 2.05. The van der Waals surface area contributed by atoms with Gasteiger partial charge in [0, 0.05) is 23.7 Å². The Labute approximate surface area is 80.9 Å². The fraction of sp³-hybridized carbons (Fsp3) is 0.333. The summed E-state index contributed by atoms with van der Waals surface area (Å²) in [4.78, 5) is 8.17. The fourth-order valence-electron chi connectivity index (χ4n) is 1.19. The summed E-state index contributed by atoms with van der Waals surface area (Å²) in [5.74, 6) is 0.656. The molecule has 0 bridgehead atoms. The van der Waals surface area contributed by atoms with Crippen molar-refractivity contribution in [3.05, 3.63) is 29.6 Å². The van der Waals surface area contributed by atoms with Crippen molar-refractivity contribution in [2.24, 2.45) is 4.99 Å². The van der Waals surface area contributed by atoms with Crippen molar-refractivity contribution < 1.29 is 5.11 Å². The minimum atomic E-state index is -0.541. The van der Waals surface area contributed by atoms with Gasteiger partial charge in [-0.2, -0.15) is 0 Å². The second kappa shape index (κ2) is 3.47. The number of aryl methyl sites for hydroxylation is 1. The smallest absolute Gasteiger partial charge is 0.155 e. The second-order valence-electron chi connectivity index (χ2n) is 2.98. The van der Waals surface area contributed by atoms with Gasteiger partial charge in [-0.3, -0.25) is 4.98 Å². The van der Waals surface area contributed by atoms with E-state index in [1.165, 1.54) is 0 Å². The van der Waals surface area contributed by atoms with Crippen LogP contribution < -0.4 is 0 Å². The average Bonchev–Trinajstić information content (AvgIpc) is 2.52. The summed E-state index contributed by atoms with van der Waals surface area (Å²) in [5.41, 5.74) is 2.11. The summed E-state index contributed by atoms with van der Waals surface area (Å²) in [7, 11) is 0. The number of aliphatic hydroxyl groups is 1. The van der Waals surface area contributed by atoms with Crippen LogP contribution in [-0.4, -0.2) is 27.1 Å². The highest BCUT2D eigenvalue weighted by Crippen LogP contribution is 2.21. The Bertz CT molecular complexity index is 351. The van der Waals surface area contributed by atoms with Crippen LogP contribution in [0.2, 0.25) is 0 Å². The molecule has 0 saturated heterocycles. The maximum absolute atomic E-state index is 9.20. The molecule has 0 amide bonds. The van der Waals surface area contributed by atoms with Gasteiger partial charge in [0.25, 0.3) is 0 Å². The maximum atomic E-state index is 9.20. The first-order valence-electron chi connectivity index (χ1n) is 4.06. The summed E-state index contributed by atoms with van der Waals surface area (Å²) < 4.78 is 0. The van der Waals surface area contributed by atoms with Gasteiger partial charge in [-0.05, 0) is 18.6 Å². The van der Waals surface area contributed by atoms with Gasteiger partial charge in [0.2, 0.25) is 0 Å². The first-order chi connectivity index (χ1) is 6.25. The Morgan fingerprint density at radius 3 is 3.00 bits per heavy atom. The predicted octanol–water partition coefficient (Wildman–Crippen LogP) is 1.20. The van der Waals surface area contributed by atoms with Crippen LogP contribution in [0.5, 0.6) is 0 Å². The highest BCUT2D eigenvalue weighted by atomic mass is 32.2. The number of hydrogen-bond donors (Lipinski definition) is 1. The van der Waals surface area contributed by atoms with E-state index in [1.807, 2.05) is 13.0 Å². The standard InChI is InChI=1S/C9H10N2OS/c1-6-2-7(4-10-3-6)9-11-8(12)5-13-9/h2-4,8,12H,5H2,1H3. The van der Waals surface area contributed by atoms with Crippen molar-refractivity contribution in [2.75, 3.05) is 5.75 Å². The molecule has 2 rings (SSSR count). The minimum absolute atomic E-state index is 0.541. The maximum Gasteiger partial charge on any atom is 0.155 e. The molecule has 68 valence electrons. The molecule has 0 fully saturated rings. The summed E-state index contributed by atoms with van der Waals surface area (Å²) >= 11 is 1.57. The van der Waals surface area contributed by atoms with Crippen molar-refractivity contribution in [1.82, 2.24) is 4.98 Å². The molecule has 0 aromatic carbocycles. The molecule has 1 aliphatic rings. The number of nitrogens with zero attached hydrogens (tertiary/aromatic N) is 2. The largest absolute Gasteiger partial charge is 0.371 e. The van der Waals surface area contributed by atoms with Crippen LogP contribution in [0.25, 0.3) is 0 Å². The van der Waals surface area contributed by atoms with Crippen molar-refractivity contribution in [2.45, 2.75) is 13.2 Å². The van der Waals surface area contributed by atoms with Gasteiger partial charge >= 0.3 is 0 Å². The summed E-state index contributed by atoms with van der Waals surface area (Å²) in [6.07, 6.45) is 3.04. The minimum Gasteiger partial charge on any atom is -0.371 e. The average molecular weight is 194 g/mol. The van der Waals surface area contributed by atoms with E-state index in [0.717, 1.165) is 16.2 Å². The molecule has 13 heavy (non-hydrogen) atoms. The van der Waals surface area contributed by atoms with Gasteiger partial charge in [0.1, 0.15) is 5.04 Å². The Morgan fingerprint density at radius 1 is 1.54 bits per heavy atom. The van der Waals surface area contributed by atoms with E-state index < -0.39 is 6.23 Å². The van der Waals surface area contributed by atoms with Crippen LogP contribution in [0.15, 0.2) is 23.5 Å². The zero-order chi connectivity index (χ0) is 9.26. The molecule has 1 atom stereocenters.